The molecular formula is C15H14IN5OS. The Morgan fingerprint density at radius 3 is 3.04 bits per heavy atom. The summed E-state index contributed by atoms with van der Waals surface area (Å²) in [6, 6.07) is 7.79. The molecule has 8 heteroatoms. The van der Waals surface area contributed by atoms with Crippen LogP contribution in [-0.2, 0) is 0 Å². The average Bonchev–Trinajstić information content (AvgIpc) is 2.86. The van der Waals surface area contributed by atoms with Gasteiger partial charge < -0.3 is 11.1 Å². The molecule has 1 amide bonds. The summed E-state index contributed by atoms with van der Waals surface area (Å²) in [5, 5.41) is 7.10. The van der Waals surface area contributed by atoms with Gasteiger partial charge in [-0.3, -0.25) is 9.80 Å². The van der Waals surface area contributed by atoms with Crippen LogP contribution in [0.15, 0.2) is 24.3 Å². The molecule has 0 saturated carbocycles. The van der Waals surface area contributed by atoms with Crippen LogP contribution in [0.3, 0.4) is 0 Å². The lowest BCUT2D eigenvalue weighted by Crippen LogP contribution is -2.41. The molecule has 4 rings (SSSR count). The number of nitrogens with zero attached hydrogens (tertiary/aromatic N) is 2. The molecule has 0 radical (unpaired) electrons. The SMILES string of the molecule is C[C@@H]1CN(NI)c2c(sc3ccc4nc(N)ccc4c23)C(=O)N1. The summed E-state index contributed by atoms with van der Waals surface area (Å²) in [6.07, 6.45) is 0. The van der Waals surface area contributed by atoms with Gasteiger partial charge in [-0.1, -0.05) is 0 Å². The van der Waals surface area contributed by atoms with E-state index in [-0.39, 0.29) is 11.9 Å². The highest BCUT2D eigenvalue weighted by atomic mass is 127. The zero-order chi connectivity index (χ0) is 16.1. The van der Waals surface area contributed by atoms with Gasteiger partial charge in [0.15, 0.2) is 0 Å². The Bertz CT molecular complexity index is 940. The summed E-state index contributed by atoms with van der Waals surface area (Å²) in [7, 11) is 0. The summed E-state index contributed by atoms with van der Waals surface area (Å²) in [6.45, 7) is 2.68. The predicted octanol–water partition coefficient (Wildman–Crippen LogP) is 2.82. The van der Waals surface area contributed by atoms with E-state index in [1.165, 1.54) is 11.3 Å². The lowest BCUT2D eigenvalue weighted by atomic mass is 10.1. The van der Waals surface area contributed by atoms with Gasteiger partial charge in [0.1, 0.15) is 10.7 Å². The van der Waals surface area contributed by atoms with Crippen LogP contribution in [0.25, 0.3) is 21.0 Å². The number of nitrogens with one attached hydrogen (secondary N) is 2. The smallest absolute Gasteiger partial charge is 0.263 e. The standard InChI is InChI=1S/C15H14IN5OS/c1-7-6-21(20-16)13-12-8-2-5-11(17)19-9(8)3-4-10(12)23-14(13)15(22)18-7/h2-5,7,20H,6H2,1H3,(H2,17,19)(H,18,22)/t7-/m1/s1. The first-order chi connectivity index (χ1) is 11.1. The van der Waals surface area contributed by atoms with Crippen molar-refractivity contribution in [1.29, 1.82) is 0 Å². The zero-order valence-electron chi connectivity index (χ0n) is 12.3. The summed E-state index contributed by atoms with van der Waals surface area (Å²) < 4.78 is 4.24. The monoisotopic (exact) mass is 439 g/mol. The maximum Gasteiger partial charge on any atom is 0.263 e. The van der Waals surface area contributed by atoms with Crippen LogP contribution in [0.5, 0.6) is 0 Å². The summed E-state index contributed by atoms with van der Waals surface area (Å²) in [5.74, 6) is 0.466. The van der Waals surface area contributed by atoms with Gasteiger partial charge >= 0.3 is 0 Å². The predicted molar refractivity (Wildman–Crippen MR) is 103 cm³/mol. The van der Waals surface area contributed by atoms with Gasteiger partial charge in [0.2, 0.25) is 0 Å². The first-order valence-corrected chi connectivity index (χ1v) is 9.04. The first kappa shape index (κ1) is 14.9. The fourth-order valence-electron chi connectivity index (χ4n) is 2.99. The van der Waals surface area contributed by atoms with Gasteiger partial charge in [-0.05, 0) is 31.2 Å². The maximum atomic E-state index is 12.5. The number of thiophene rings is 1. The number of aromatic nitrogens is 1. The number of pyridine rings is 1. The summed E-state index contributed by atoms with van der Waals surface area (Å²) in [5.41, 5.74) is 7.56. The van der Waals surface area contributed by atoms with E-state index in [1.807, 2.05) is 30.1 Å². The molecule has 3 aromatic rings. The number of hydrogen-bond donors (Lipinski definition) is 3. The zero-order valence-corrected chi connectivity index (χ0v) is 15.2. The Kier molecular flexibility index (Phi) is 3.54. The van der Waals surface area contributed by atoms with E-state index < -0.39 is 0 Å². The van der Waals surface area contributed by atoms with Crippen molar-refractivity contribution in [2.24, 2.45) is 0 Å². The van der Waals surface area contributed by atoms with Crippen molar-refractivity contribution >= 4 is 72.6 Å². The van der Waals surface area contributed by atoms with Crippen molar-refractivity contribution in [3.8, 4) is 0 Å². The molecule has 0 fully saturated rings. The molecule has 23 heavy (non-hydrogen) atoms. The van der Waals surface area contributed by atoms with Gasteiger partial charge in [-0.25, -0.2) is 4.98 Å². The lowest BCUT2D eigenvalue weighted by molar-refractivity contribution is 0.0949. The Morgan fingerprint density at radius 1 is 1.43 bits per heavy atom. The van der Waals surface area contributed by atoms with Crippen molar-refractivity contribution in [3.05, 3.63) is 29.1 Å². The van der Waals surface area contributed by atoms with Crippen molar-refractivity contribution < 1.29 is 4.79 Å². The maximum absolute atomic E-state index is 12.5. The topological polar surface area (TPSA) is 83.3 Å². The minimum atomic E-state index is -0.0283. The largest absolute Gasteiger partial charge is 0.384 e. The van der Waals surface area contributed by atoms with E-state index in [0.717, 1.165) is 31.6 Å². The second-order valence-corrected chi connectivity index (χ2v) is 7.13. The van der Waals surface area contributed by atoms with Crippen LogP contribution < -0.4 is 19.7 Å². The Morgan fingerprint density at radius 2 is 2.26 bits per heavy atom. The number of fused-ring (bicyclic) bond motifs is 5. The van der Waals surface area contributed by atoms with E-state index in [9.17, 15) is 4.79 Å². The third-order valence-corrected chi connectivity index (χ3v) is 5.66. The van der Waals surface area contributed by atoms with Gasteiger partial charge in [-0.15, -0.1) is 11.3 Å². The molecule has 4 N–H and O–H groups in total. The number of hydrogen-bond acceptors (Lipinski definition) is 6. The second kappa shape index (κ2) is 5.46. The molecule has 0 bridgehead atoms. The molecule has 0 unspecified atom stereocenters. The minimum Gasteiger partial charge on any atom is -0.384 e. The van der Waals surface area contributed by atoms with E-state index in [4.69, 9.17) is 5.73 Å². The van der Waals surface area contributed by atoms with Crippen molar-refractivity contribution in [1.82, 2.24) is 13.9 Å². The van der Waals surface area contributed by atoms with Crippen LogP contribution in [0.1, 0.15) is 16.6 Å². The molecule has 0 aliphatic carbocycles. The van der Waals surface area contributed by atoms with E-state index in [1.54, 1.807) is 6.07 Å². The third-order valence-electron chi connectivity index (χ3n) is 3.93. The van der Waals surface area contributed by atoms with Gasteiger partial charge in [0.25, 0.3) is 5.91 Å². The fraction of sp³-hybridized carbons (Fsp3) is 0.200. The molecule has 6 nitrogen and oxygen atoms in total. The number of hydrazine groups is 1. The fourth-order valence-corrected chi connectivity index (χ4v) is 4.55. The number of nitrogen functional groups attached to an aromatic ring is 1. The van der Waals surface area contributed by atoms with Crippen LogP contribution in [0.4, 0.5) is 11.5 Å². The molecule has 118 valence electrons. The Labute approximate surface area is 150 Å². The average molecular weight is 439 g/mol. The molecular weight excluding hydrogens is 425 g/mol. The summed E-state index contributed by atoms with van der Waals surface area (Å²) in [4.78, 5) is 17.7. The number of anilines is 2. The highest BCUT2D eigenvalue weighted by Gasteiger charge is 2.29. The van der Waals surface area contributed by atoms with E-state index in [0.29, 0.717) is 12.4 Å². The molecule has 3 heterocycles. The molecule has 2 aromatic heterocycles. The van der Waals surface area contributed by atoms with E-state index >= 15 is 0 Å². The van der Waals surface area contributed by atoms with Crippen molar-refractivity contribution in [2.75, 3.05) is 17.3 Å². The normalized spacial score (nSPS) is 18.1. The third kappa shape index (κ3) is 2.32. The first-order valence-electron chi connectivity index (χ1n) is 7.15. The quantitative estimate of drug-likeness (QED) is 0.401. The Hall–Kier alpha value is -1.65. The number of halogens is 1. The molecule has 1 aliphatic rings. The van der Waals surface area contributed by atoms with Crippen molar-refractivity contribution in [2.45, 2.75) is 13.0 Å². The minimum absolute atomic E-state index is 0.0283. The number of carbonyl (C=O) groups excluding carboxylic acids is 1. The number of amides is 1. The van der Waals surface area contributed by atoms with Gasteiger partial charge in [0, 0.05) is 44.4 Å². The molecule has 0 saturated heterocycles. The highest BCUT2D eigenvalue weighted by Crippen LogP contribution is 2.42. The van der Waals surface area contributed by atoms with Crippen LogP contribution in [-0.4, -0.2) is 23.5 Å². The van der Waals surface area contributed by atoms with Crippen LogP contribution >= 0.6 is 34.2 Å². The lowest BCUT2D eigenvalue weighted by Gasteiger charge is -2.23. The summed E-state index contributed by atoms with van der Waals surface area (Å²) >= 11 is 3.61. The van der Waals surface area contributed by atoms with Gasteiger partial charge in [-0.2, -0.15) is 3.64 Å². The molecule has 1 aromatic carbocycles. The molecule has 1 aliphatic heterocycles. The van der Waals surface area contributed by atoms with Crippen molar-refractivity contribution in [3.63, 3.8) is 0 Å². The molecule has 1 atom stereocenters. The molecule has 0 spiro atoms. The second-order valence-electron chi connectivity index (χ2n) is 5.59. The van der Waals surface area contributed by atoms with Gasteiger partial charge in [0.05, 0.1) is 17.7 Å². The van der Waals surface area contributed by atoms with Crippen LogP contribution in [0.2, 0.25) is 0 Å². The number of rotatable bonds is 1. The highest BCUT2D eigenvalue weighted by molar-refractivity contribution is 14.1. The van der Waals surface area contributed by atoms with E-state index in [2.05, 4.69) is 36.8 Å². The number of nitrogens with two attached hydrogens (primary N) is 1. The Balaban J connectivity index is 2.11. The number of benzene rings is 1. The van der Waals surface area contributed by atoms with Crippen LogP contribution in [0, 0.1) is 0 Å². The number of carbonyl (C=O) groups is 1.